The highest BCUT2D eigenvalue weighted by Crippen LogP contribution is 2.32. The highest BCUT2D eigenvalue weighted by Gasteiger charge is 2.39. The zero-order valence-corrected chi connectivity index (χ0v) is 8.93. The van der Waals surface area contributed by atoms with Gasteiger partial charge >= 0.3 is 6.18 Å². The molecule has 0 bridgehead atoms. The molecule has 0 aliphatic carbocycles. The lowest BCUT2D eigenvalue weighted by Crippen LogP contribution is -2.29. The zero-order chi connectivity index (χ0) is 10.9. The van der Waals surface area contributed by atoms with E-state index in [1.807, 2.05) is 0 Å². The van der Waals surface area contributed by atoms with Crippen LogP contribution in [0.4, 0.5) is 17.6 Å². The predicted molar refractivity (Wildman–Crippen MR) is 52.1 cm³/mol. The van der Waals surface area contributed by atoms with E-state index in [0.717, 1.165) is 12.1 Å². The Morgan fingerprint density at radius 1 is 1.29 bits per heavy atom. The topological polar surface area (TPSA) is 26.0 Å². The van der Waals surface area contributed by atoms with Crippen molar-refractivity contribution in [2.45, 2.75) is 12.2 Å². The predicted octanol–water partition coefficient (Wildman–Crippen LogP) is 2.99. The molecule has 14 heavy (non-hydrogen) atoms. The maximum Gasteiger partial charge on any atom is 0.407 e. The van der Waals surface area contributed by atoms with Crippen molar-refractivity contribution in [3.05, 3.63) is 33.1 Å². The summed E-state index contributed by atoms with van der Waals surface area (Å²) in [5.41, 5.74) is 4.33. The summed E-state index contributed by atoms with van der Waals surface area (Å²) in [6.45, 7) is 0. The first-order valence-electron chi connectivity index (χ1n) is 3.59. The summed E-state index contributed by atoms with van der Waals surface area (Å²) in [6, 6.07) is 1.18. The molecule has 2 N–H and O–H groups in total. The van der Waals surface area contributed by atoms with Crippen LogP contribution in [0.2, 0.25) is 0 Å². The van der Waals surface area contributed by atoms with Crippen molar-refractivity contribution in [2.75, 3.05) is 0 Å². The van der Waals surface area contributed by atoms with Crippen LogP contribution in [0.5, 0.6) is 0 Å². The molecule has 6 heteroatoms. The summed E-state index contributed by atoms with van der Waals surface area (Å²) >= 11 is 1.80. The maximum absolute atomic E-state index is 13.0. The second-order valence-electron chi connectivity index (χ2n) is 2.69. The molecule has 0 saturated heterocycles. The molecule has 0 fully saturated rings. The second kappa shape index (κ2) is 4.01. The van der Waals surface area contributed by atoms with Crippen molar-refractivity contribution in [3.63, 3.8) is 0 Å². The van der Waals surface area contributed by atoms with Crippen LogP contribution < -0.4 is 5.73 Å². The third-order valence-electron chi connectivity index (χ3n) is 1.65. The fourth-order valence-corrected chi connectivity index (χ4v) is 1.38. The number of benzene rings is 1. The molecule has 1 nitrogen and oxygen atoms in total. The molecule has 0 aromatic heterocycles. The number of hydrogen-bond donors (Lipinski definition) is 1. The van der Waals surface area contributed by atoms with E-state index in [9.17, 15) is 17.6 Å². The van der Waals surface area contributed by atoms with Gasteiger partial charge in [0.1, 0.15) is 11.9 Å². The highest BCUT2D eigenvalue weighted by molar-refractivity contribution is 14.1. The maximum atomic E-state index is 13.0. The highest BCUT2D eigenvalue weighted by atomic mass is 127. The SMILES string of the molecule is N[C@H](c1ccc(I)cc1F)C(F)(F)F. The molecule has 0 spiro atoms. The van der Waals surface area contributed by atoms with E-state index in [1.54, 1.807) is 22.6 Å². The minimum atomic E-state index is -4.62. The molecular formula is C8H6F4IN. The molecule has 0 aliphatic rings. The second-order valence-corrected chi connectivity index (χ2v) is 3.93. The first-order valence-corrected chi connectivity index (χ1v) is 4.67. The third-order valence-corrected chi connectivity index (χ3v) is 2.32. The Labute approximate surface area is 91.4 Å². The molecule has 1 aromatic rings. The number of hydrogen-bond acceptors (Lipinski definition) is 1. The van der Waals surface area contributed by atoms with Crippen molar-refractivity contribution >= 4 is 22.6 Å². The zero-order valence-electron chi connectivity index (χ0n) is 6.78. The molecule has 0 aliphatic heterocycles. The van der Waals surface area contributed by atoms with Crippen LogP contribution in [-0.4, -0.2) is 6.18 Å². The van der Waals surface area contributed by atoms with Gasteiger partial charge < -0.3 is 5.73 Å². The van der Waals surface area contributed by atoms with Crippen LogP contribution in [0, 0.1) is 9.39 Å². The van der Waals surface area contributed by atoms with Crippen LogP contribution in [-0.2, 0) is 0 Å². The van der Waals surface area contributed by atoms with E-state index in [2.05, 4.69) is 0 Å². The first kappa shape index (κ1) is 11.7. The summed E-state index contributed by atoms with van der Waals surface area (Å²) in [5, 5.41) is 0. The number of rotatable bonds is 1. The van der Waals surface area contributed by atoms with E-state index in [4.69, 9.17) is 5.73 Å². The molecule has 1 atom stereocenters. The van der Waals surface area contributed by atoms with Gasteiger partial charge in [-0.2, -0.15) is 13.2 Å². The summed E-state index contributed by atoms with van der Waals surface area (Å²) in [6.07, 6.45) is -4.62. The lowest BCUT2D eigenvalue weighted by atomic mass is 10.1. The van der Waals surface area contributed by atoms with Crippen molar-refractivity contribution in [1.29, 1.82) is 0 Å². The van der Waals surface area contributed by atoms with Gasteiger partial charge in [-0.3, -0.25) is 0 Å². The molecule has 1 rings (SSSR count). The van der Waals surface area contributed by atoms with Gasteiger partial charge in [-0.05, 0) is 34.7 Å². The fraction of sp³-hybridized carbons (Fsp3) is 0.250. The average Bonchev–Trinajstić information content (AvgIpc) is 2.01. The van der Waals surface area contributed by atoms with Crippen molar-refractivity contribution < 1.29 is 17.6 Å². The first-order chi connectivity index (χ1) is 6.32. The van der Waals surface area contributed by atoms with Gasteiger partial charge in [0, 0.05) is 9.13 Å². The van der Waals surface area contributed by atoms with Crippen molar-refractivity contribution in [2.24, 2.45) is 5.73 Å². The largest absolute Gasteiger partial charge is 0.407 e. The Balaban J connectivity index is 3.08. The van der Waals surface area contributed by atoms with Crippen molar-refractivity contribution in [3.8, 4) is 0 Å². The van der Waals surface area contributed by atoms with Gasteiger partial charge in [-0.15, -0.1) is 0 Å². The van der Waals surface area contributed by atoms with E-state index in [0.29, 0.717) is 3.57 Å². The van der Waals surface area contributed by atoms with Gasteiger partial charge in [0.05, 0.1) is 0 Å². The van der Waals surface area contributed by atoms with Gasteiger partial charge in [0.2, 0.25) is 0 Å². The molecule has 78 valence electrons. The quantitative estimate of drug-likeness (QED) is 0.625. The molecule has 1 aromatic carbocycles. The Bertz CT molecular complexity index is 337. The Morgan fingerprint density at radius 2 is 1.86 bits per heavy atom. The van der Waals surface area contributed by atoms with Gasteiger partial charge in [0.25, 0.3) is 0 Å². The van der Waals surface area contributed by atoms with Crippen molar-refractivity contribution in [1.82, 2.24) is 0 Å². The Kier molecular flexibility index (Phi) is 3.36. The molecule has 0 radical (unpaired) electrons. The smallest absolute Gasteiger partial charge is 0.316 e. The summed E-state index contributed by atoms with van der Waals surface area (Å²) < 4.78 is 49.9. The molecular weight excluding hydrogens is 313 g/mol. The lowest BCUT2D eigenvalue weighted by molar-refractivity contribution is -0.149. The fourth-order valence-electron chi connectivity index (χ4n) is 0.930. The Hall–Kier alpha value is -0.370. The minimum absolute atomic E-state index is 0.526. The van der Waals surface area contributed by atoms with E-state index < -0.39 is 23.6 Å². The van der Waals surface area contributed by atoms with E-state index >= 15 is 0 Å². The monoisotopic (exact) mass is 319 g/mol. The van der Waals surface area contributed by atoms with Gasteiger partial charge in [0.15, 0.2) is 0 Å². The van der Waals surface area contributed by atoms with E-state index in [-0.39, 0.29) is 0 Å². The summed E-state index contributed by atoms with van der Waals surface area (Å²) in [5.74, 6) is -0.929. The van der Waals surface area contributed by atoms with Crippen LogP contribution in [0.3, 0.4) is 0 Å². The number of alkyl halides is 3. The number of nitrogens with two attached hydrogens (primary N) is 1. The van der Waals surface area contributed by atoms with Gasteiger partial charge in [-0.25, -0.2) is 4.39 Å². The summed E-state index contributed by atoms with van der Waals surface area (Å²) in [7, 11) is 0. The average molecular weight is 319 g/mol. The van der Waals surface area contributed by atoms with Crippen LogP contribution in [0.1, 0.15) is 11.6 Å². The third kappa shape index (κ3) is 2.57. The van der Waals surface area contributed by atoms with Gasteiger partial charge in [-0.1, -0.05) is 6.07 Å². The Morgan fingerprint density at radius 3 is 2.29 bits per heavy atom. The number of halogens is 5. The minimum Gasteiger partial charge on any atom is -0.316 e. The summed E-state index contributed by atoms with van der Waals surface area (Å²) in [4.78, 5) is 0. The van der Waals surface area contributed by atoms with Crippen LogP contribution >= 0.6 is 22.6 Å². The molecule has 0 saturated carbocycles. The standard InChI is InChI=1S/C8H6F4IN/c9-6-3-4(13)1-2-5(6)7(14)8(10,11)12/h1-3,7H,14H2/t7-/m1/s1. The molecule has 0 amide bonds. The molecule has 0 unspecified atom stereocenters. The molecule has 0 heterocycles. The van der Waals surface area contributed by atoms with Crippen LogP contribution in [0.15, 0.2) is 18.2 Å². The van der Waals surface area contributed by atoms with Crippen LogP contribution in [0.25, 0.3) is 0 Å². The normalized spacial score (nSPS) is 14.1. The lowest BCUT2D eigenvalue weighted by Gasteiger charge is -2.16. The van der Waals surface area contributed by atoms with E-state index in [1.165, 1.54) is 6.07 Å².